The van der Waals surface area contributed by atoms with E-state index in [4.69, 9.17) is 0 Å². The van der Waals surface area contributed by atoms with Crippen molar-refractivity contribution in [2.75, 3.05) is 6.54 Å². The molecule has 1 aromatic carbocycles. The van der Waals surface area contributed by atoms with Crippen molar-refractivity contribution in [2.24, 2.45) is 5.41 Å². The minimum absolute atomic E-state index is 0.0128. The smallest absolute Gasteiger partial charge is 0.251 e. The van der Waals surface area contributed by atoms with E-state index >= 15 is 0 Å². The van der Waals surface area contributed by atoms with E-state index in [-0.39, 0.29) is 18.2 Å². The van der Waals surface area contributed by atoms with Crippen molar-refractivity contribution in [2.45, 2.75) is 20.8 Å². The number of carbonyl (C=O) groups is 2. The molecule has 1 N–H and O–H groups in total. The quantitative estimate of drug-likeness (QED) is 0.906. The maximum absolute atomic E-state index is 12.0. The van der Waals surface area contributed by atoms with Crippen molar-refractivity contribution in [3.63, 3.8) is 0 Å². The van der Waals surface area contributed by atoms with Gasteiger partial charge in [-0.15, -0.1) is 5.10 Å². The van der Waals surface area contributed by atoms with Crippen molar-refractivity contribution < 1.29 is 9.59 Å². The Morgan fingerprint density at radius 1 is 1.19 bits per heavy atom. The lowest BCUT2D eigenvalue weighted by Gasteiger charge is -2.16. The zero-order chi connectivity index (χ0) is 15.5. The van der Waals surface area contributed by atoms with Gasteiger partial charge in [-0.2, -0.15) is 0 Å². The molecule has 7 heteroatoms. The van der Waals surface area contributed by atoms with Gasteiger partial charge in [0.2, 0.25) is 0 Å². The van der Waals surface area contributed by atoms with Crippen molar-refractivity contribution in [3.8, 4) is 5.69 Å². The molecule has 21 heavy (non-hydrogen) atoms. The SMILES string of the molecule is CC(C)(C)C(=O)CNC(=O)c1ccc(-n2cnnn2)cc1. The van der Waals surface area contributed by atoms with Crippen LogP contribution in [-0.2, 0) is 4.79 Å². The van der Waals surface area contributed by atoms with Crippen molar-refractivity contribution in [3.05, 3.63) is 36.2 Å². The lowest BCUT2D eigenvalue weighted by molar-refractivity contribution is -0.125. The highest BCUT2D eigenvalue weighted by atomic mass is 16.2. The highest BCUT2D eigenvalue weighted by Crippen LogP contribution is 2.13. The first-order valence-corrected chi connectivity index (χ1v) is 6.53. The number of ketones is 1. The van der Waals surface area contributed by atoms with Gasteiger partial charge in [-0.1, -0.05) is 20.8 Å². The Morgan fingerprint density at radius 2 is 1.86 bits per heavy atom. The third kappa shape index (κ3) is 3.71. The maximum atomic E-state index is 12.0. The zero-order valence-electron chi connectivity index (χ0n) is 12.2. The Balaban J connectivity index is 1.99. The topological polar surface area (TPSA) is 89.8 Å². The van der Waals surface area contributed by atoms with Gasteiger partial charge < -0.3 is 5.32 Å². The van der Waals surface area contributed by atoms with E-state index in [0.717, 1.165) is 5.69 Å². The first-order valence-electron chi connectivity index (χ1n) is 6.53. The van der Waals surface area contributed by atoms with Crippen LogP contribution in [0, 0.1) is 5.41 Å². The largest absolute Gasteiger partial charge is 0.345 e. The molecule has 0 spiro atoms. The molecule has 0 unspecified atom stereocenters. The third-order valence-corrected chi connectivity index (χ3v) is 2.99. The fraction of sp³-hybridized carbons (Fsp3) is 0.357. The molecule has 0 atom stereocenters. The van der Waals surface area contributed by atoms with E-state index in [0.29, 0.717) is 5.56 Å². The second kappa shape index (κ2) is 5.82. The van der Waals surface area contributed by atoms with Gasteiger partial charge in [-0.05, 0) is 34.7 Å². The van der Waals surface area contributed by atoms with E-state index in [1.807, 2.05) is 20.8 Å². The molecular formula is C14H17N5O2. The number of aromatic nitrogens is 4. The standard InChI is InChI=1S/C14H17N5O2/c1-14(2,3)12(20)8-15-13(21)10-4-6-11(7-5-10)19-9-16-17-18-19/h4-7,9H,8H2,1-3H3,(H,15,21). The monoisotopic (exact) mass is 287 g/mol. The molecule has 110 valence electrons. The summed E-state index contributed by atoms with van der Waals surface area (Å²) in [5, 5.41) is 13.5. The lowest BCUT2D eigenvalue weighted by atomic mass is 9.91. The highest BCUT2D eigenvalue weighted by Gasteiger charge is 2.21. The molecule has 0 saturated carbocycles. The molecular weight excluding hydrogens is 270 g/mol. The summed E-state index contributed by atoms with van der Waals surface area (Å²) >= 11 is 0. The van der Waals surface area contributed by atoms with Gasteiger partial charge in [0.15, 0.2) is 5.78 Å². The Bertz CT molecular complexity index is 626. The van der Waals surface area contributed by atoms with Gasteiger partial charge in [-0.25, -0.2) is 4.68 Å². The molecule has 2 rings (SSSR count). The lowest BCUT2D eigenvalue weighted by Crippen LogP contribution is -2.35. The van der Waals surface area contributed by atoms with Gasteiger partial charge in [-0.3, -0.25) is 9.59 Å². The van der Waals surface area contributed by atoms with E-state index in [2.05, 4.69) is 20.8 Å². The predicted molar refractivity (Wildman–Crippen MR) is 75.9 cm³/mol. The average molecular weight is 287 g/mol. The average Bonchev–Trinajstić information content (AvgIpc) is 2.97. The maximum Gasteiger partial charge on any atom is 0.251 e. The molecule has 0 aliphatic heterocycles. The summed E-state index contributed by atoms with van der Waals surface area (Å²) in [4.78, 5) is 23.7. The van der Waals surface area contributed by atoms with E-state index in [1.54, 1.807) is 24.3 Å². The summed E-state index contributed by atoms with van der Waals surface area (Å²) in [5.41, 5.74) is 0.771. The Hall–Kier alpha value is -2.57. The molecule has 7 nitrogen and oxygen atoms in total. The van der Waals surface area contributed by atoms with Crippen molar-refractivity contribution >= 4 is 11.7 Å². The summed E-state index contributed by atoms with van der Waals surface area (Å²) in [6.07, 6.45) is 1.47. The predicted octanol–water partition coefficient (Wildman–Crippen LogP) is 1.01. The van der Waals surface area contributed by atoms with Crippen LogP contribution in [0.15, 0.2) is 30.6 Å². The van der Waals surface area contributed by atoms with Crippen LogP contribution >= 0.6 is 0 Å². The normalized spacial score (nSPS) is 11.2. The van der Waals surface area contributed by atoms with Crippen LogP contribution < -0.4 is 5.32 Å². The second-order valence-corrected chi connectivity index (χ2v) is 5.66. The molecule has 1 heterocycles. The van der Waals surface area contributed by atoms with Crippen LogP contribution in [0.3, 0.4) is 0 Å². The Labute approximate surface area is 122 Å². The van der Waals surface area contributed by atoms with Crippen LogP contribution in [-0.4, -0.2) is 38.4 Å². The number of nitrogens with zero attached hydrogens (tertiary/aromatic N) is 4. The van der Waals surface area contributed by atoms with E-state index in [1.165, 1.54) is 11.0 Å². The Kier molecular flexibility index (Phi) is 4.11. The minimum Gasteiger partial charge on any atom is -0.345 e. The molecule has 0 fully saturated rings. The van der Waals surface area contributed by atoms with Crippen LogP contribution in [0.25, 0.3) is 5.69 Å². The molecule has 1 aromatic heterocycles. The number of carbonyl (C=O) groups excluding carboxylic acids is 2. The molecule has 0 saturated heterocycles. The number of tetrazole rings is 1. The summed E-state index contributed by atoms with van der Waals surface area (Å²) in [6.45, 7) is 5.49. The molecule has 2 aromatic rings. The first kappa shape index (κ1) is 14.8. The molecule has 1 amide bonds. The second-order valence-electron chi connectivity index (χ2n) is 5.66. The minimum atomic E-state index is -0.461. The van der Waals surface area contributed by atoms with Crippen LogP contribution in [0.1, 0.15) is 31.1 Å². The summed E-state index contributed by atoms with van der Waals surface area (Å²) in [7, 11) is 0. The number of Topliss-reactive ketones (excluding diaryl/α,β-unsaturated/α-hetero) is 1. The number of nitrogens with one attached hydrogen (secondary N) is 1. The number of rotatable bonds is 4. The third-order valence-electron chi connectivity index (χ3n) is 2.99. The molecule has 0 aliphatic rings. The van der Waals surface area contributed by atoms with Gasteiger partial charge in [0.25, 0.3) is 5.91 Å². The van der Waals surface area contributed by atoms with E-state index < -0.39 is 5.41 Å². The zero-order valence-corrected chi connectivity index (χ0v) is 12.2. The van der Waals surface area contributed by atoms with Crippen molar-refractivity contribution in [1.29, 1.82) is 0 Å². The summed E-state index contributed by atoms with van der Waals surface area (Å²) in [6, 6.07) is 6.79. The fourth-order valence-corrected chi connectivity index (χ4v) is 1.57. The van der Waals surface area contributed by atoms with Gasteiger partial charge >= 0.3 is 0 Å². The van der Waals surface area contributed by atoms with Crippen molar-refractivity contribution in [1.82, 2.24) is 25.5 Å². The number of benzene rings is 1. The van der Waals surface area contributed by atoms with Crippen LogP contribution in [0.5, 0.6) is 0 Å². The van der Waals surface area contributed by atoms with Gasteiger partial charge in [0.05, 0.1) is 12.2 Å². The molecule has 0 bridgehead atoms. The van der Waals surface area contributed by atoms with Gasteiger partial charge in [0, 0.05) is 11.0 Å². The highest BCUT2D eigenvalue weighted by molar-refractivity contribution is 5.97. The van der Waals surface area contributed by atoms with Gasteiger partial charge in [0.1, 0.15) is 6.33 Å². The number of hydrogen-bond donors (Lipinski definition) is 1. The first-order chi connectivity index (χ1) is 9.88. The Morgan fingerprint density at radius 3 is 2.38 bits per heavy atom. The number of hydrogen-bond acceptors (Lipinski definition) is 5. The summed E-state index contributed by atoms with van der Waals surface area (Å²) < 4.78 is 1.49. The van der Waals surface area contributed by atoms with Crippen LogP contribution in [0.4, 0.5) is 0 Å². The molecule has 0 aliphatic carbocycles. The fourth-order valence-electron chi connectivity index (χ4n) is 1.57. The van der Waals surface area contributed by atoms with E-state index in [9.17, 15) is 9.59 Å². The van der Waals surface area contributed by atoms with Crippen LogP contribution in [0.2, 0.25) is 0 Å². The molecule has 0 radical (unpaired) electrons. The number of amides is 1. The summed E-state index contributed by atoms with van der Waals surface area (Å²) in [5.74, 6) is -0.294.